The quantitative estimate of drug-likeness (QED) is 0.800. The summed E-state index contributed by atoms with van der Waals surface area (Å²) in [7, 11) is 0. The summed E-state index contributed by atoms with van der Waals surface area (Å²) in [6, 6.07) is 1.94. The number of likely N-dealkylation sites (N-methyl/N-ethyl adjacent to an activating group) is 1. The van der Waals surface area contributed by atoms with Gasteiger partial charge < -0.3 is 19.6 Å². The summed E-state index contributed by atoms with van der Waals surface area (Å²) < 4.78 is 0. The van der Waals surface area contributed by atoms with Gasteiger partial charge in [-0.15, -0.1) is 0 Å². The predicted octanol–water partition coefficient (Wildman–Crippen LogP) is 0.528. The third-order valence-electron chi connectivity index (χ3n) is 5.17. The van der Waals surface area contributed by atoms with Gasteiger partial charge in [0.05, 0.1) is 17.4 Å². The van der Waals surface area contributed by atoms with Crippen LogP contribution in [0, 0.1) is 0 Å². The Morgan fingerprint density at radius 3 is 2.20 bits per heavy atom. The molecule has 0 saturated carbocycles. The maximum absolute atomic E-state index is 12.8. The van der Waals surface area contributed by atoms with Crippen LogP contribution >= 0.6 is 0 Å². The zero-order valence-electron chi connectivity index (χ0n) is 15.1. The van der Waals surface area contributed by atoms with E-state index in [0.29, 0.717) is 18.7 Å². The molecule has 2 saturated heterocycles. The molecule has 0 N–H and O–H groups in total. The predicted molar refractivity (Wildman–Crippen MR) is 96.7 cm³/mol. The van der Waals surface area contributed by atoms with Crippen LogP contribution in [0.15, 0.2) is 18.5 Å². The Balaban J connectivity index is 1.64. The Bertz CT molecular complexity index is 620. The van der Waals surface area contributed by atoms with Crippen molar-refractivity contribution in [3.63, 3.8) is 0 Å². The van der Waals surface area contributed by atoms with Crippen LogP contribution in [-0.2, 0) is 4.79 Å². The maximum atomic E-state index is 12.8. The van der Waals surface area contributed by atoms with Gasteiger partial charge in [-0.1, -0.05) is 6.92 Å². The molecule has 0 atom stereocenters. The molecule has 25 heavy (non-hydrogen) atoms. The molecular formula is C18H27N5O2. The Morgan fingerprint density at radius 1 is 0.960 bits per heavy atom. The fourth-order valence-electron chi connectivity index (χ4n) is 3.45. The SMILES string of the molecule is CCN1CCN(C(=O)c2cncc(N3CCN(C(C)=O)CC3)c2)CC1. The zero-order chi connectivity index (χ0) is 17.8. The van der Waals surface area contributed by atoms with Gasteiger partial charge in [-0.3, -0.25) is 14.6 Å². The summed E-state index contributed by atoms with van der Waals surface area (Å²) in [5, 5.41) is 0. The molecule has 1 aromatic heterocycles. The summed E-state index contributed by atoms with van der Waals surface area (Å²) in [6.45, 7) is 11.2. The number of carbonyl (C=O) groups excluding carboxylic acids is 2. The number of piperazine rings is 2. The van der Waals surface area contributed by atoms with Crippen LogP contribution in [0.1, 0.15) is 24.2 Å². The first-order valence-corrected chi connectivity index (χ1v) is 9.05. The lowest BCUT2D eigenvalue weighted by molar-refractivity contribution is -0.129. The van der Waals surface area contributed by atoms with E-state index >= 15 is 0 Å². The lowest BCUT2D eigenvalue weighted by Crippen LogP contribution is -2.49. The van der Waals surface area contributed by atoms with Crippen molar-refractivity contribution in [2.75, 3.05) is 63.8 Å². The van der Waals surface area contributed by atoms with E-state index in [4.69, 9.17) is 0 Å². The van der Waals surface area contributed by atoms with Crippen molar-refractivity contribution in [1.29, 1.82) is 0 Å². The smallest absolute Gasteiger partial charge is 0.255 e. The highest BCUT2D eigenvalue weighted by Gasteiger charge is 2.23. The van der Waals surface area contributed by atoms with E-state index in [1.54, 1.807) is 19.3 Å². The Hall–Kier alpha value is -2.15. The highest BCUT2D eigenvalue weighted by Crippen LogP contribution is 2.18. The van der Waals surface area contributed by atoms with Gasteiger partial charge in [-0.25, -0.2) is 0 Å². The summed E-state index contributed by atoms with van der Waals surface area (Å²) in [5.74, 6) is 0.181. The standard InChI is InChI=1S/C18H27N5O2/c1-3-20-4-6-23(7-5-20)18(25)16-12-17(14-19-13-16)22-10-8-21(9-11-22)15(2)24/h12-14H,3-11H2,1-2H3. The van der Waals surface area contributed by atoms with E-state index < -0.39 is 0 Å². The second kappa shape index (κ2) is 7.82. The summed E-state index contributed by atoms with van der Waals surface area (Å²) >= 11 is 0. The molecular weight excluding hydrogens is 318 g/mol. The fourth-order valence-corrected chi connectivity index (χ4v) is 3.45. The first-order valence-electron chi connectivity index (χ1n) is 9.05. The zero-order valence-corrected chi connectivity index (χ0v) is 15.1. The molecule has 7 heteroatoms. The van der Waals surface area contributed by atoms with Crippen LogP contribution in [0.5, 0.6) is 0 Å². The lowest BCUT2D eigenvalue weighted by Gasteiger charge is -2.36. The minimum atomic E-state index is 0.0625. The average Bonchev–Trinajstić information content (AvgIpc) is 2.67. The highest BCUT2D eigenvalue weighted by atomic mass is 16.2. The number of nitrogens with zero attached hydrogens (tertiary/aromatic N) is 5. The number of amides is 2. The van der Waals surface area contributed by atoms with E-state index in [2.05, 4.69) is 21.7 Å². The molecule has 7 nitrogen and oxygen atoms in total. The van der Waals surface area contributed by atoms with Crippen LogP contribution < -0.4 is 4.90 Å². The van der Waals surface area contributed by atoms with Crippen LogP contribution in [0.2, 0.25) is 0 Å². The number of rotatable bonds is 3. The van der Waals surface area contributed by atoms with Crippen molar-refractivity contribution >= 4 is 17.5 Å². The van der Waals surface area contributed by atoms with Gasteiger partial charge >= 0.3 is 0 Å². The molecule has 0 unspecified atom stereocenters. The molecule has 2 amide bonds. The van der Waals surface area contributed by atoms with Gasteiger partial charge in [-0.05, 0) is 12.6 Å². The maximum Gasteiger partial charge on any atom is 0.255 e. The van der Waals surface area contributed by atoms with E-state index in [1.807, 2.05) is 15.9 Å². The van der Waals surface area contributed by atoms with Gasteiger partial charge in [0.15, 0.2) is 0 Å². The molecule has 136 valence electrons. The molecule has 3 rings (SSSR count). The van der Waals surface area contributed by atoms with Crippen LogP contribution in [-0.4, -0.2) is 90.4 Å². The molecule has 2 aliphatic rings. The van der Waals surface area contributed by atoms with E-state index in [1.165, 1.54) is 0 Å². The van der Waals surface area contributed by atoms with E-state index in [9.17, 15) is 9.59 Å². The highest BCUT2D eigenvalue weighted by molar-refractivity contribution is 5.94. The van der Waals surface area contributed by atoms with Crippen molar-refractivity contribution in [3.8, 4) is 0 Å². The Morgan fingerprint density at radius 2 is 1.60 bits per heavy atom. The number of pyridine rings is 1. The van der Waals surface area contributed by atoms with Gasteiger partial charge in [0.2, 0.25) is 5.91 Å². The van der Waals surface area contributed by atoms with Gasteiger partial charge in [-0.2, -0.15) is 0 Å². The van der Waals surface area contributed by atoms with Crippen molar-refractivity contribution in [2.24, 2.45) is 0 Å². The first kappa shape index (κ1) is 17.7. The molecule has 2 fully saturated rings. The monoisotopic (exact) mass is 345 g/mol. The summed E-state index contributed by atoms with van der Waals surface area (Å²) in [5.41, 5.74) is 1.61. The third-order valence-corrected chi connectivity index (χ3v) is 5.17. The van der Waals surface area contributed by atoms with Crippen molar-refractivity contribution in [2.45, 2.75) is 13.8 Å². The van der Waals surface area contributed by atoms with Crippen LogP contribution in [0.3, 0.4) is 0 Å². The number of aromatic nitrogens is 1. The average molecular weight is 345 g/mol. The van der Waals surface area contributed by atoms with Gasteiger partial charge in [0, 0.05) is 65.5 Å². The second-order valence-corrected chi connectivity index (χ2v) is 6.65. The number of carbonyl (C=O) groups is 2. The van der Waals surface area contributed by atoms with Crippen molar-refractivity contribution in [3.05, 3.63) is 24.0 Å². The number of hydrogen-bond acceptors (Lipinski definition) is 5. The minimum absolute atomic E-state index is 0.0625. The van der Waals surface area contributed by atoms with E-state index in [0.717, 1.165) is 51.5 Å². The number of hydrogen-bond donors (Lipinski definition) is 0. The molecule has 0 aromatic carbocycles. The molecule has 0 radical (unpaired) electrons. The fraction of sp³-hybridized carbons (Fsp3) is 0.611. The van der Waals surface area contributed by atoms with Crippen LogP contribution in [0.4, 0.5) is 5.69 Å². The normalized spacial score (nSPS) is 19.2. The largest absolute Gasteiger partial charge is 0.367 e. The lowest BCUT2D eigenvalue weighted by atomic mass is 10.2. The Labute approximate surface area is 149 Å². The second-order valence-electron chi connectivity index (χ2n) is 6.65. The molecule has 0 bridgehead atoms. The van der Waals surface area contributed by atoms with Gasteiger partial charge in [0.1, 0.15) is 0 Å². The summed E-state index contributed by atoms with van der Waals surface area (Å²) in [6.07, 6.45) is 3.46. The van der Waals surface area contributed by atoms with Crippen LogP contribution in [0.25, 0.3) is 0 Å². The topological polar surface area (TPSA) is 60.0 Å². The third kappa shape index (κ3) is 4.10. The molecule has 2 aliphatic heterocycles. The Kier molecular flexibility index (Phi) is 5.53. The number of anilines is 1. The van der Waals surface area contributed by atoms with Crippen molar-refractivity contribution in [1.82, 2.24) is 19.7 Å². The summed E-state index contributed by atoms with van der Waals surface area (Å²) in [4.78, 5) is 36.8. The molecule has 0 spiro atoms. The van der Waals surface area contributed by atoms with Gasteiger partial charge in [0.25, 0.3) is 5.91 Å². The minimum Gasteiger partial charge on any atom is -0.367 e. The molecule has 3 heterocycles. The van der Waals surface area contributed by atoms with Crippen molar-refractivity contribution < 1.29 is 9.59 Å². The molecule has 0 aliphatic carbocycles. The first-order chi connectivity index (χ1) is 12.1. The molecule has 1 aromatic rings. The van der Waals surface area contributed by atoms with E-state index in [-0.39, 0.29) is 11.8 Å².